The third kappa shape index (κ3) is 1.18. The number of fused-ring (bicyclic) bond motifs is 1. The minimum Gasteiger partial charge on any atom is -0.485 e. The van der Waals surface area contributed by atoms with Crippen LogP contribution in [0.25, 0.3) is 0 Å². The van der Waals surface area contributed by atoms with Gasteiger partial charge in [0, 0.05) is 0 Å². The summed E-state index contributed by atoms with van der Waals surface area (Å²) in [7, 11) is 0. The van der Waals surface area contributed by atoms with Crippen LogP contribution < -0.4 is 10.1 Å². The number of nitrogens with zero attached hydrogens (tertiary/aromatic N) is 2. The van der Waals surface area contributed by atoms with Crippen LogP contribution in [-0.2, 0) is 0 Å². The summed E-state index contributed by atoms with van der Waals surface area (Å²) in [4.78, 5) is 7.81. The molecule has 1 aliphatic heterocycles. The monoisotopic (exact) mass is 185 g/mol. The van der Waals surface area contributed by atoms with Crippen LogP contribution in [0.4, 0.5) is 5.82 Å². The van der Waals surface area contributed by atoms with Crippen molar-refractivity contribution >= 4 is 17.4 Å². The van der Waals surface area contributed by atoms with Gasteiger partial charge in [-0.2, -0.15) is 0 Å². The van der Waals surface area contributed by atoms with E-state index >= 15 is 0 Å². The largest absolute Gasteiger partial charge is 0.485 e. The number of anilines is 1. The Labute approximate surface area is 74.9 Å². The van der Waals surface area contributed by atoms with Crippen molar-refractivity contribution in [3.8, 4) is 5.75 Å². The molecule has 0 spiro atoms. The van der Waals surface area contributed by atoms with E-state index in [2.05, 4.69) is 15.3 Å². The minimum atomic E-state index is 0.267. The molecule has 1 aromatic heterocycles. The van der Waals surface area contributed by atoms with Gasteiger partial charge in [-0.25, -0.2) is 9.97 Å². The highest BCUT2D eigenvalue weighted by Crippen LogP contribution is 2.31. The van der Waals surface area contributed by atoms with Gasteiger partial charge in [-0.05, 0) is 6.92 Å². The summed E-state index contributed by atoms with van der Waals surface area (Å²) in [6.45, 7) is 2.61. The molecule has 1 atom stereocenters. The molecule has 0 aliphatic carbocycles. The lowest BCUT2D eigenvalue weighted by atomic mass is 10.3. The van der Waals surface area contributed by atoms with Crippen LogP contribution in [0, 0.1) is 0 Å². The first-order chi connectivity index (χ1) is 5.77. The maximum absolute atomic E-state index is 5.77. The van der Waals surface area contributed by atoms with E-state index < -0.39 is 0 Å². The Morgan fingerprint density at radius 3 is 3.33 bits per heavy atom. The molecule has 0 saturated heterocycles. The molecule has 0 amide bonds. The number of hydrogen-bond acceptors (Lipinski definition) is 4. The van der Waals surface area contributed by atoms with Gasteiger partial charge in [0.15, 0.2) is 16.7 Å². The zero-order valence-corrected chi connectivity index (χ0v) is 7.30. The topological polar surface area (TPSA) is 47.0 Å². The Morgan fingerprint density at radius 1 is 1.67 bits per heavy atom. The normalized spacial score (nSPS) is 20.7. The second-order valence-electron chi connectivity index (χ2n) is 2.70. The number of nitrogens with one attached hydrogen (secondary N) is 1. The van der Waals surface area contributed by atoms with E-state index in [4.69, 9.17) is 16.3 Å². The minimum absolute atomic E-state index is 0.267. The number of rotatable bonds is 0. The Kier molecular flexibility index (Phi) is 1.77. The fraction of sp³-hybridized carbons (Fsp3) is 0.429. The number of hydrogen-bond donors (Lipinski definition) is 1. The van der Waals surface area contributed by atoms with E-state index in [9.17, 15) is 0 Å². The van der Waals surface area contributed by atoms with Crippen LogP contribution in [0.5, 0.6) is 5.75 Å². The molecule has 1 unspecified atom stereocenters. The molecule has 2 rings (SSSR count). The fourth-order valence-corrected chi connectivity index (χ4v) is 1.25. The molecule has 0 aromatic carbocycles. The van der Waals surface area contributed by atoms with E-state index in [1.54, 1.807) is 0 Å². The van der Waals surface area contributed by atoms with E-state index in [0.717, 1.165) is 0 Å². The molecule has 12 heavy (non-hydrogen) atoms. The zero-order valence-electron chi connectivity index (χ0n) is 6.54. The smallest absolute Gasteiger partial charge is 0.199 e. The van der Waals surface area contributed by atoms with Gasteiger partial charge in [0.25, 0.3) is 0 Å². The maximum Gasteiger partial charge on any atom is 0.199 e. The fourth-order valence-electron chi connectivity index (χ4n) is 1.07. The van der Waals surface area contributed by atoms with Crippen molar-refractivity contribution < 1.29 is 4.74 Å². The lowest BCUT2D eigenvalue weighted by molar-refractivity contribution is 0.289. The van der Waals surface area contributed by atoms with Crippen molar-refractivity contribution in [2.75, 3.05) is 11.9 Å². The third-order valence-electron chi connectivity index (χ3n) is 1.62. The van der Waals surface area contributed by atoms with Gasteiger partial charge in [0.1, 0.15) is 12.9 Å². The van der Waals surface area contributed by atoms with Crippen LogP contribution in [-0.4, -0.2) is 22.6 Å². The Hall–Kier alpha value is -1.03. The van der Waals surface area contributed by atoms with Crippen molar-refractivity contribution in [1.82, 2.24) is 9.97 Å². The Morgan fingerprint density at radius 2 is 2.50 bits per heavy atom. The SMILES string of the molecule is CC1COc2c(Cl)ncnc2N1. The summed E-state index contributed by atoms with van der Waals surface area (Å²) < 4.78 is 5.35. The van der Waals surface area contributed by atoms with Crippen molar-refractivity contribution in [3.63, 3.8) is 0 Å². The van der Waals surface area contributed by atoms with Crippen LogP contribution >= 0.6 is 11.6 Å². The summed E-state index contributed by atoms with van der Waals surface area (Å²) in [6.07, 6.45) is 1.41. The molecular weight excluding hydrogens is 178 g/mol. The summed E-state index contributed by atoms with van der Waals surface area (Å²) >= 11 is 5.77. The van der Waals surface area contributed by atoms with Crippen LogP contribution in [0.1, 0.15) is 6.92 Å². The zero-order chi connectivity index (χ0) is 8.55. The number of ether oxygens (including phenoxy) is 1. The summed E-state index contributed by atoms with van der Waals surface area (Å²) in [5, 5.41) is 3.50. The molecule has 1 aromatic rings. The van der Waals surface area contributed by atoms with Gasteiger partial charge >= 0.3 is 0 Å². The molecule has 4 nitrogen and oxygen atoms in total. The highest BCUT2D eigenvalue weighted by Gasteiger charge is 2.19. The standard InChI is InChI=1S/C7H8ClN3O/c1-4-2-12-5-6(8)9-3-10-7(5)11-4/h3-4H,2H2,1H3,(H,9,10,11). The summed E-state index contributed by atoms with van der Waals surface area (Å²) in [5.41, 5.74) is 0. The average Bonchev–Trinajstić information content (AvgIpc) is 2.04. The average molecular weight is 186 g/mol. The predicted octanol–water partition coefficient (Wildman–Crippen LogP) is 1.32. The molecule has 64 valence electrons. The molecule has 1 aliphatic rings. The van der Waals surface area contributed by atoms with Crippen molar-refractivity contribution in [3.05, 3.63) is 11.5 Å². The molecule has 0 radical (unpaired) electrons. The second-order valence-corrected chi connectivity index (χ2v) is 3.06. The number of halogens is 1. The molecule has 5 heteroatoms. The van der Waals surface area contributed by atoms with Gasteiger partial charge in [-0.3, -0.25) is 0 Å². The van der Waals surface area contributed by atoms with E-state index in [1.807, 2.05) is 6.92 Å². The lowest BCUT2D eigenvalue weighted by Gasteiger charge is -2.23. The molecule has 0 bridgehead atoms. The third-order valence-corrected chi connectivity index (χ3v) is 1.89. The van der Waals surface area contributed by atoms with Gasteiger partial charge in [-0.15, -0.1) is 0 Å². The van der Waals surface area contributed by atoms with E-state index in [1.165, 1.54) is 6.33 Å². The van der Waals surface area contributed by atoms with Gasteiger partial charge in [0.2, 0.25) is 0 Å². The van der Waals surface area contributed by atoms with Gasteiger partial charge < -0.3 is 10.1 Å². The predicted molar refractivity (Wildman–Crippen MR) is 45.6 cm³/mol. The van der Waals surface area contributed by atoms with Gasteiger partial charge in [0.05, 0.1) is 6.04 Å². The highest BCUT2D eigenvalue weighted by atomic mass is 35.5. The van der Waals surface area contributed by atoms with Gasteiger partial charge in [-0.1, -0.05) is 11.6 Å². The maximum atomic E-state index is 5.77. The molecule has 1 N–H and O–H groups in total. The van der Waals surface area contributed by atoms with Crippen LogP contribution in [0.2, 0.25) is 5.15 Å². The van der Waals surface area contributed by atoms with E-state index in [0.29, 0.717) is 23.3 Å². The van der Waals surface area contributed by atoms with Crippen molar-refractivity contribution in [2.45, 2.75) is 13.0 Å². The number of aromatic nitrogens is 2. The van der Waals surface area contributed by atoms with Crippen LogP contribution in [0.3, 0.4) is 0 Å². The molecular formula is C7H8ClN3O. The quantitative estimate of drug-likeness (QED) is 0.620. The van der Waals surface area contributed by atoms with Crippen molar-refractivity contribution in [2.24, 2.45) is 0 Å². The highest BCUT2D eigenvalue weighted by molar-refractivity contribution is 6.31. The lowest BCUT2D eigenvalue weighted by Crippen LogP contribution is -2.29. The summed E-state index contributed by atoms with van der Waals surface area (Å²) in [5.74, 6) is 1.23. The van der Waals surface area contributed by atoms with Crippen LogP contribution in [0.15, 0.2) is 6.33 Å². The van der Waals surface area contributed by atoms with E-state index in [-0.39, 0.29) is 6.04 Å². The second kappa shape index (κ2) is 2.79. The molecule has 0 fully saturated rings. The first-order valence-corrected chi connectivity index (χ1v) is 4.05. The first-order valence-electron chi connectivity index (χ1n) is 3.67. The Balaban J connectivity index is 2.42. The molecule has 2 heterocycles. The van der Waals surface area contributed by atoms with Crippen molar-refractivity contribution in [1.29, 1.82) is 0 Å². The summed E-state index contributed by atoms with van der Waals surface area (Å²) in [6, 6.07) is 0.267. The Bertz CT molecular complexity index is 305. The molecule has 0 saturated carbocycles. The first kappa shape index (κ1) is 7.61.